The normalized spacial score (nSPS) is 10.0. The van der Waals surface area contributed by atoms with Gasteiger partial charge in [0, 0.05) is 17.8 Å². The van der Waals surface area contributed by atoms with Crippen molar-refractivity contribution in [3.05, 3.63) is 48.0 Å². The maximum Gasteiger partial charge on any atom is 0.120 e. The highest BCUT2D eigenvalue weighted by atomic mass is 16.5. The Morgan fingerprint density at radius 1 is 0.947 bits per heavy atom. The number of rotatable bonds is 5. The molecule has 0 saturated carbocycles. The van der Waals surface area contributed by atoms with Gasteiger partial charge in [-0.3, -0.25) is 0 Å². The number of hydrogen-bond acceptors (Lipinski definition) is 4. The smallest absolute Gasteiger partial charge is 0.120 e. The fourth-order valence-corrected chi connectivity index (χ4v) is 1.74. The molecular weight excluding hydrogens is 242 g/mol. The van der Waals surface area contributed by atoms with Crippen LogP contribution in [0.1, 0.15) is 5.56 Å². The van der Waals surface area contributed by atoms with Gasteiger partial charge in [0.05, 0.1) is 14.2 Å². The molecule has 2 aromatic rings. The molecule has 0 aliphatic rings. The van der Waals surface area contributed by atoms with Gasteiger partial charge in [-0.1, -0.05) is 0 Å². The van der Waals surface area contributed by atoms with Crippen molar-refractivity contribution in [3.8, 4) is 17.2 Å². The molecule has 2 N–H and O–H groups in total. The summed E-state index contributed by atoms with van der Waals surface area (Å²) in [6, 6.07) is 12.8. The summed E-state index contributed by atoms with van der Waals surface area (Å²) in [5, 5.41) is 13.0. The molecule has 0 fully saturated rings. The van der Waals surface area contributed by atoms with Crippen molar-refractivity contribution in [1.29, 1.82) is 0 Å². The Morgan fingerprint density at radius 3 is 2.21 bits per heavy atom. The molecule has 2 aromatic carbocycles. The average Bonchev–Trinajstić information content (AvgIpc) is 2.47. The van der Waals surface area contributed by atoms with Crippen LogP contribution in [0.25, 0.3) is 0 Å². The van der Waals surface area contributed by atoms with E-state index in [1.807, 2.05) is 30.3 Å². The summed E-state index contributed by atoms with van der Waals surface area (Å²) >= 11 is 0. The zero-order valence-electron chi connectivity index (χ0n) is 11.0. The number of phenols is 1. The van der Waals surface area contributed by atoms with Gasteiger partial charge in [-0.05, 0) is 42.5 Å². The molecule has 2 rings (SSSR count). The van der Waals surface area contributed by atoms with Gasteiger partial charge >= 0.3 is 0 Å². The van der Waals surface area contributed by atoms with E-state index in [-0.39, 0.29) is 5.75 Å². The number of phenolic OH excluding ortho intramolecular Hbond substituents is 1. The van der Waals surface area contributed by atoms with Crippen LogP contribution in [-0.4, -0.2) is 19.3 Å². The summed E-state index contributed by atoms with van der Waals surface area (Å²) in [5.41, 5.74) is 1.75. The molecule has 100 valence electrons. The second-order valence-corrected chi connectivity index (χ2v) is 4.08. The van der Waals surface area contributed by atoms with Gasteiger partial charge in [0.15, 0.2) is 0 Å². The molecular formula is C15H17NO3. The molecule has 4 heteroatoms. The monoisotopic (exact) mass is 259 g/mol. The molecule has 0 aliphatic heterocycles. The van der Waals surface area contributed by atoms with Gasteiger partial charge in [-0.25, -0.2) is 0 Å². The molecule has 0 aromatic heterocycles. The summed E-state index contributed by atoms with van der Waals surface area (Å²) < 4.78 is 10.2. The van der Waals surface area contributed by atoms with Crippen LogP contribution in [0, 0.1) is 0 Å². The Kier molecular flexibility index (Phi) is 4.13. The maximum absolute atomic E-state index is 9.78. The number of anilines is 1. The van der Waals surface area contributed by atoms with Gasteiger partial charge in [0.1, 0.15) is 17.2 Å². The van der Waals surface area contributed by atoms with Crippen LogP contribution < -0.4 is 14.8 Å². The number of methoxy groups -OCH3 is 2. The molecule has 0 heterocycles. The minimum Gasteiger partial charge on any atom is -0.508 e. The third kappa shape index (κ3) is 3.31. The van der Waals surface area contributed by atoms with Crippen LogP contribution in [0.15, 0.2) is 42.5 Å². The zero-order valence-corrected chi connectivity index (χ0v) is 11.0. The van der Waals surface area contributed by atoms with Crippen molar-refractivity contribution in [2.45, 2.75) is 6.54 Å². The van der Waals surface area contributed by atoms with Crippen molar-refractivity contribution in [2.75, 3.05) is 19.5 Å². The lowest BCUT2D eigenvalue weighted by atomic mass is 10.2. The van der Waals surface area contributed by atoms with Crippen molar-refractivity contribution in [1.82, 2.24) is 0 Å². The molecule has 0 spiro atoms. The number of aromatic hydroxyl groups is 1. The van der Waals surface area contributed by atoms with Gasteiger partial charge in [-0.2, -0.15) is 0 Å². The van der Waals surface area contributed by atoms with Crippen molar-refractivity contribution < 1.29 is 14.6 Å². The lowest BCUT2D eigenvalue weighted by Crippen LogP contribution is -2.00. The van der Waals surface area contributed by atoms with E-state index in [0.717, 1.165) is 22.7 Å². The zero-order chi connectivity index (χ0) is 13.7. The van der Waals surface area contributed by atoms with E-state index in [2.05, 4.69) is 5.32 Å². The first kappa shape index (κ1) is 13.1. The second-order valence-electron chi connectivity index (χ2n) is 4.08. The second kappa shape index (κ2) is 6.00. The first-order valence-electron chi connectivity index (χ1n) is 5.96. The number of benzene rings is 2. The van der Waals surface area contributed by atoms with E-state index in [1.54, 1.807) is 26.4 Å². The molecule has 0 amide bonds. The van der Waals surface area contributed by atoms with Crippen LogP contribution in [0.5, 0.6) is 17.2 Å². The Hall–Kier alpha value is -2.36. The standard InChI is InChI=1S/C15H17NO3/c1-18-13-5-3-12(4-6-13)16-10-11-9-14(19-2)7-8-15(11)17/h3-9,16-17H,10H2,1-2H3. The Labute approximate surface area is 112 Å². The van der Waals surface area contributed by atoms with E-state index >= 15 is 0 Å². The highest BCUT2D eigenvalue weighted by Gasteiger charge is 2.03. The van der Waals surface area contributed by atoms with Gasteiger partial charge in [0.25, 0.3) is 0 Å². The fourth-order valence-electron chi connectivity index (χ4n) is 1.74. The quantitative estimate of drug-likeness (QED) is 0.866. The van der Waals surface area contributed by atoms with E-state index in [1.165, 1.54) is 0 Å². The molecule has 4 nitrogen and oxygen atoms in total. The predicted molar refractivity (Wildman–Crippen MR) is 75.0 cm³/mol. The summed E-state index contributed by atoms with van der Waals surface area (Å²) in [5.74, 6) is 1.79. The van der Waals surface area contributed by atoms with E-state index in [4.69, 9.17) is 9.47 Å². The van der Waals surface area contributed by atoms with Crippen LogP contribution in [0.4, 0.5) is 5.69 Å². The van der Waals surface area contributed by atoms with E-state index in [9.17, 15) is 5.11 Å². The minimum absolute atomic E-state index is 0.252. The fraction of sp³-hybridized carbons (Fsp3) is 0.200. The molecule has 0 radical (unpaired) electrons. The van der Waals surface area contributed by atoms with Crippen LogP contribution in [-0.2, 0) is 6.54 Å². The first-order chi connectivity index (χ1) is 9.22. The minimum atomic E-state index is 0.252. The summed E-state index contributed by atoms with van der Waals surface area (Å²) in [6.45, 7) is 0.523. The molecule has 0 atom stereocenters. The van der Waals surface area contributed by atoms with Gasteiger partial charge in [-0.15, -0.1) is 0 Å². The average molecular weight is 259 g/mol. The topological polar surface area (TPSA) is 50.7 Å². The molecule has 0 aliphatic carbocycles. The maximum atomic E-state index is 9.78. The Bertz CT molecular complexity index is 538. The Balaban J connectivity index is 2.05. The Morgan fingerprint density at radius 2 is 1.58 bits per heavy atom. The molecule has 19 heavy (non-hydrogen) atoms. The SMILES string of the molecule is COc1ccc(NCc2cc(OC)ccc2O)cc1. The van der Waals surface area contributed by atoms with Gasteiger partial charge < -0.3 is 19.9 Å². The summed E-state index contributed by atoms with van der Waals surface area (Å²) in [6.07, 6.45) is 0. The van der Waals surface area contributed by atoms with Crippen molar-refractivity contribution in [2.24, 2.45) is 0 Å². The molecule has 0 unspecified atom stereocenters. The summed E-state index contributed by atoms with van der Waals surface area (Å²) in [7, 11) is 3.24. The summed E-state index contributed by atoms with van der Waals surface area (Å²) in [4.78, 5) is 0. The largest absolute Gasteiger partial charge is 0.508 e. The van der Waals surface area contributed by atoms with E-state index in [0.29, 0.717) is 6.54 Å². The molecule has 0 bridgehead atoms. The van der Waals surface area contributed by atoms with Crippen LogP contribution >= 0.6 is 0 Å². The highest BCUT2D eigenvalue weighted by Crippen LogP contribution is 2.24. The highest BCUT2D eigenvalue weighted by molar-refractivity contribution is 5.48. The van der Waals surface area contributed by atoms with Crippen molar-refractivity contribution >= 4 is 5.69 Å². The lowest BCUT2D eigenvalue weighted by Gasteiger charge is -2.10. The predicted octanol–water partition coefficient (Wildman–Crippen LogP) is 3.02. The van der Waals surface area contributed by atoms with Gasteiger partial charge in [0.2, 0.25) is 0 Å². The number of hydrogen-bond donors (Lipinski definition) is 2. The molecule has 0 saturated heterocycles. The van der Waals surface area contributed by atoms with Crippen LogP contribution in [0.2, 0.25) is 0 Å². The third-order valence-electron chi connectivity index (χ3n) is 2.86. The van der Waals surface area contributed by atoms with E-state index < -0.39 is 0 Å². The number of nitrogens with one attached hydrogen (secondary N) is 1. The lowest BCUT2D eigenvalue weighted by molar-refractivity contribution is 0.411. The van der Waals surface area contributed by atoms with Crippen LogP contribution in [0.3, 0.4) is 0 Å². The number of ether oxygens (including phenoxy) is 2. The third-order valence-corrected chi connectivity index (χ3v) is 2.86. The van der Waals surface area contributed by atoms with Crippen molar-refractivity contribution in [3.63, 3.8) is 0 Å². The first-order valence-corrected chi connectivity index (χ1v) is 5.96.